The lowest BCUT2D eigenvalue weighted by atomic mass is 9.96. The van der Waals surface area contributed by atoms with Crippen LogP contribution >= 0.6 is 11.8 Å². The molecule has 2 aromatic rings. The van der Waals surface area contributed by atoms with E-state index < -0.39 is 0 Å². The number of hydrogen-bond donors (Lipinski definition) is 2. The van der Waals surface area contributed by atoms with Crippen LogP contribution in [0.5, 0.6) is 0 Å². The number of carbonyl (C=O) groups is 1. The molecule has 1 aromatic carbocycles. The summed E-state index contributed by atoms with van der Waals surface area (Å²) in [6.07, 6.45) is 5.24. The van der Waals surface area contributed by atoms with Crippen LogP contribution in [0.25, 0.3) is 0 Å². The molecule has 0 radical (unpaired) electrons. The summed E-state index contributed by atoms with van der Waals surface area (Å²) >= 11 is 1.72. The van der Waals surface area contributed by atoms with E-state index in [-0.39, 0.29) is 17.6 Å². The maximum atomic E-state index is 13.8. The summed E-state index contributed by atoms with van der Waals surface area (Å²) in [5.74, 6) is 1.92. The van der Waals surface area contributed by atoms with Crippen LogP contribution in [-0.4, -0.2) is 47.5 Å². The van der Waals surface area contributed by atoms with Crippen LogP contribution < -0.4 is 15.5 Å². The zero-order valence-electron chi connectivity index (χ0n) is 15.3. The Morgan fingerprint density at radius 1 is 1.30 bits per heavy atom. The molecule has 1 fully saturated rings. The number of benzene rings is 1. The Balaban J connectivity index is 1.57. The van der Waals surface area contributed by atoms with Crippen molar-refractivity contribution in [2.45, 2.75) is 12.8 Å². The fraction of sp³-hybridized carbons (Fsp3) is 0.421. The number of thioether (sulfide) groups is 1. The molecule has 0 bridgehead atoms. The molecule has 0 atom stereocenters. The van der Waals surface area contributed by atoms with Gasteiger partial charge < -0.3 is 15.5 Å². The quantitative estimate of drug-likeness (QED) is 0.710. The molecular weight excluding hydrogens is 365 g/mol. The largest absolute Gasteiger partial charge is 0.355 e. The second kappa shape index (κ2) is 9.55. The third-order valence-electron chi connectivity index (χ3n) is 4.53. The number of halogens is 1. The minimum Gasteiger partial charge on any atom is -0.355 e. The van der Waals surface area contributed by atoms with E-state index in [0.29, 0.717) is 24.0 Å². The molecule has 6 nitrogen and oxygen atoms in total. The van der Waals surface area contributed by atoms with Gasteiger partial charge in [-0.15, -0.1) is 0 Å². The minimum atomic E-state index is -0.328. The first-order chi connectivity index (χ1) is 13.2. The number of aromatic nitrogens is 2. The summed E-state index contributed by atoms with van der Waals surface area (Å²) in [6.45, 7) is 2.17. The van der Waals surface area contributed by atoms with E-state index in [1.165, 1.54) is 6.07 Å². The Kier molecular flexibility index (Phi) is 6.86. The molecular formula is C19H24FN5OS. The number of amides is 1. The Morgan fingerprint density at radius 2 is 2.07 bits per heavy atom. The van der Waals surface area contributed by atoms with Gasteiger partial charge in [-0.05, 0) is 37.3 Å². The van der Waals surface area contributed by atoms with E-state index in [1.54, 1.807) is 42.2 Å². The van der Waals surface area contributed by atoms with Crippen molar-refractivity contribution in [2.24, 2.45) is 5.92 Å². The van der Waals surface area contributed by atoms with Crippen molar-refractivity contribution in [2.75, 3.05) is 41.9 Å². The zero-order valence-corrected chi connectivity index (χ0v) is 16.1. The van der Waals surface area contributed by atoms with E-state index in [1.807, 2.05) is 6.26 Å². The molecule has 1 aliphatic heterocycles. The molecule has 0 unspecified atom stereocenters. The highest BCUT2D eigenvalue weighted by Crippen LogP contribution is 2.23. The van der Waals surface area contributed by atoms with Crippen molar-refractivity contribution in [3.8, 4) is 0 Å². The predicted molar refractivity (Wildman–Crippen MR) is 108 cm³/mol. The first-order valence-corrected chi connectivity index (χ1v) is 10.4. The fourth-order valence-electron chi connectivity index (χ4n) is 3.03. The lowest BCUT2D eigenvalue weighted by Crippen LogP contribution is -2.41. The van der Waals surface area contributed by atoms with Gasteiger partial charge in [-0.25, -0.2) is 9.37 Å². The Bertz CT molecular complexity index is 767. The van der Waals surface area contributed by atoms with Crippen LogP contribution in [0.1, 0.15) is 12.8 Å². The first kappa shape index (κ1) is 19.4. The maximum absolute atomic E-state index is 13.8. The number of rotatable bonds is 7. The average Bonchev–Trinajstić information content (AvgIpc) is 2.70. The van der Waals surface area contributed by atoms with Gasteiger partial charge in [0.2, 0.25) is 11.9 Å². The maximum Gasteiger partial charge on any atom is 0.227 e. The number of piperidine rings is 1. The average molecular weight is 390 g/mol. The van der Waals surface area contributed by atoms with Crippen molar-refractivity contribution in [3.63, 3.8) is 0 Å². The van der Waals surface area contributed by atoms with Gasteiger partial charge in [0.1, 0.15) is 11.6 Å². The summed E-state index contributed by atoms with van der Waals surface area (Å²) in [5.41, 5.74) is 0.378. The highest BCUT2D eigenvalue weighted by molar-refractivity contribution is 7.98. The van der Waals surface area contributed by atoms with Crippen molar-refractivity contribution in [1.82, 2.24) is 15.3 Å². The number of para-hydroxylation sites is 1. The summed E-state index contributed by atoms with van der Waals surface area (Å²) in [4.78, 5) is 23.1. The Morgan fingerprint density at radius 3 is 2.81 bits per heavy atom. The van der Waals surface area contributed by atoms with Crippen molar-refractivity contribution >= 4 is 35.1 Å². The van der Waals surface area contributed by atoms with Crippen molar-refractivity contribution in [3.05, 3.63) is 42.3 Å². The van der Waals surface area contributed by atoms with Crippen LogP contribution in [0.2, 0.25) is 0 Å². The smallest absolute Gasteiger partial charge is 0.227 e. The van der Waals surface area contributed by atoms with Crippen LogP contribution in [0.3, 0.4) is 0 Å². The van der Waals surface area contributed by atoms with Crippen LogP contribution in [0, 0.1) is 11.7 Å². The standard InChI is InChI=1S/C19H24FN5OS/c1-27-13-10-21-18(26)14-7-11-25(12-8-14)19-22-9-6-17(24-19)23-16-5-3-2-4-15(16)20/h2-6,9,14H,7-8,10-13H2,1H3,(H,21,26)(H,22,23,24). The van der Waals surface area contributed by atoms with Gasteiger partial charge in [0.15, 0.2) is 0 Å². The molecule has 1 aromatic heterocycles. The number of hydrogen-bond acceptors (Lipinski definition) is 6. The summed E-state index contributed by atoms with van der Waals surface area (Å²) in [6, 6.07) is 8.19. The van der Waals surface area contributed by atoms with E-state index in [2.05, 4.69) is 25.5 Å². The van der Waals surface area contributed by atoms with Gasteiger partial charge in [-0.3, -0.25) is 4.79 Å². The van der Waals surface area contributed by atoms with E-state index >= 15 is 0 Å². The molecule has 27 heavy (non-hydrogen) atoms. The molecule has 1 amide bonds. The van der Waals surface area contributed by atoms with Crippen molar-refractivity contribution < 1.29 is 9.18 Å². The molecule has 2 heterocycles. The SMILES string of the molecule is CSCCNC(=O)C1CCN(c2nccc(Nc3ccccc3F)n2)CC1. The summed E-state index contributed by atoms with van der Waals surface area (Å²) in [7, 11) is 0. The van der Waals surface area contributed by atoms with Gasteiger partial charge in [0.05, 0.1) is 5.69 Å². The number of anilines is 3. The molecule has 2 N–H and O–H groups in total. The van der Waals surface area contributed by atoms with E-state index in [4.69, 9.17) is 0 Å². The van der Waals surface area contributed by atoms with E-state index in [9.17, 15) is 9.18 Å². The molecule has 1 saturated heterocycles. The molecule has 1 aliphatic rings. The zero-order chi connectivity index (χ0) is 19.1. The normalized spacial score (nSPS) is 14.8. The lowest BCUT2D eigenvalue weighted by molar-refractivity contribution is -0.125. The number of nitrogens with one attached hydrogen (secondary N) is 2. The molecule has 0 saturated carbocycles. The van der Waals surface area contributed by atoms with Gasteiger partial charge >= 0.3 is 0 Å². The fourth-order valence-corrected chi connectivity index (χ4v) is 3.34. The van der Waals surface area contributed by atoms with Gasteiger partial charge in [0, 0.05) is 37.5 Å². The number of carbonyl (C=O) groups excluding carboxylic acids is 1. The van der Waals surface area contributed by atoms with Gasteiger partial charge in [-0.2, -0.15) is 16.7 Å². The lowest BCUT2D eigenvalue weighted by Gasteiger charge is -2.31. The summed E-state index contributed by atoms with van der Waals surface area (Å²) < 4.78 is 13.8. The number of nitrogens with zero attached hydrogens (tertiary/aromatic N) is 3. The monoisotopic (exact) mass is 389 g/mol. The molecule has 0 aliphatic carbocycles. The second-order valence-corrected chi connectivity index (χ2v) is 7.38. The first-order valence-electron chi connectivity index (χ1n) is 9.03. The third-order valence-corrected chi connectivity index (χ3v) is 5.15. The molecule has 8 heteroatoms. The van der Waals surface area contributed by atoms with Crippen LogP contribution in [0.4, 0.5) is 21.8 Å². The Hall–Kier alpha value is -2.35. The minimum absolute atomic E-state index is 0.0443. The van der Waals surface area contributed by atoms with Crippen LogP contribution in [0.15, 0.2) is 36.5 Å². The van der Waals surface area contributed by atoms with Gasteiger partial charge in [0.25, 0.3) is 0 Å². The second-order valence-electron chi connectivity index (χ2n) is 6.39. The highest BCUT2D eigenvalue weighted by Gasteiger charge is 2.26. The topological polar surface area (TPSA) is 70.2 Å². The highest BCUT2D eigenvalue weighted by atomic mass is 32.2. The third kappa shape index (κ3) is 5.32. The van der Waals surface area contributed by atoms with Gasteiger partial charge in [-0.1, -0.05) is 12.1 Å². The Labute approximate surface area is 163 Å². The predicted octanol–water partition coefficient (Wildman–Crippen LogP) is 3.05. The molecule has 144 valence electrons. The molecule has 3 rings (SSSR count). The molecule has 0 spiro atoms. The van der Waals surface area contributed by atoms with Crippen molar-refractivity contribution in [1.29, 1.82) is 0 Å². The van der Waals surface area contributed by atoms with E-state index in [0.717, 1.165) is 31.7 Å². The van der Waals surface area contributed by atoms with Crippen LogP contribution in [-0.2, 0) is 4.79 Å². The summed E-state index contributed by atoms with van der Waals surface area (Å²) in [5, 5.41) is 5.98.